The third-order valence-electron chi connectivity index (χ3n) is 3.74. The second-order valence-electron chi connectivity index (χ2n) is 5.26. The number of rotatable bonds is 3. The molecule has 0 unspecified atom stereocenters. The molecule has 0 spiro atoms. The maximum atomic E-state index is 11.6. The largest absolute Gasteiger partial charge is 0.481 e. The van der Waals surface area contributed by atoms with Crippen molar-refractivity contribution in [3.05, 3.63) is 30.3 Å². The van der Waals surface area contributed by atoms with Gasteiger partial charge in [-0.25, -0.2) is 0 Å². The highest BCUT2D eigenvalue weighted by molar-refractivity contribution is 5.75. The molecule has 1 aliphatic heterocycles. The second kappa shape index (κ2) is 5.94. The van der Waals surface area contributed by atoms with Gasteiger partial charge in [0.05, 0.1) is 12.5 Å². The van der Waals surface area contributed by atoms with Crippen molar-refractivity contribution in [1.82, 2.24) is 4.90 Å². The van der Waals surface area contributed by atoms with Crippen molar-refractivity contribution in [2.75, 3.05) is 18.0 Å². The Hall–Kier alpha value is -2.04. The normalized spacial score (nSPS) is 22.7. The van der Waals surface area contributed by atoms with Gasteiger partial charge in [-0.05, 0) is 19.1 Å². The molecule has 0 aliphatic carbocycles. The summed E-state index contributed by atoms with van der Waals surface area (Å²) < 4.78 is 0. The van der Waals surface area contributed by atoms with Crippen LogP contribution < -0.4 is 4.90 Å². The zero-order valence-corrected chi connectivity index (χ0v) is 11.8. The van der Waals surface area contributed by atoms with Gasteiger partial charge in [0.25, 0.3) is 0 Å². The topological polar surface area (TPSA) is 60.9 Å². The summed E-state index contributed by atoms with van der Waals surface area (Å²) in [6.45, 7) is 4.64. The minimum Gasteiger partial charge on any atom is -0.481 e. The van der Waals surface area contributed by atoms with Crippen LogP contribution in [0.3, 0.4) is 0 Å². The van der Waals surface area contributed by atoms with E-state index in [0.29, 0.717) is 13.1 Å². The zero-order valence-electron chi connectivity index (χ0n) is 11.8. The quantitative estimate of drug-likeness (QED) is 0.910. The van der Waals surface area contributed by atoms with Crippen LogP contribution in [0, 0.1) is 0 Å². The summed E-state index contributed by atoms with van der Waals surface area (Å²) in [5.41, 5.74) is 1.01. The number of nitrogens with zero attached hydrogens (tertiary/aromatic N) is 2. The standard InChI is InChI=1S/C15H20N2O3/c1-11-9-17(13-6-4-3-5-7-13)14(8-15(19)20)10-16(11)12(2)18/h3-7,11,14H,8-10H2,1-2H3,(H,19,20)/t11-,14+/m1/s1. The number of anilines is 1. The Bertz CT molecular complexity index is 489. The summed E-state index contributed by atoms with van der Waals surface area (Å²) in [7, 11) is 0. The molecule has 1 N–H and O–H groups in total. The van der Waals surface area contributed by atoms with Crippen LogP contribution in [-0.4, -0.2) is 47.1 Å². The van der Waals surface area contributed by atoms with Gasteiger partial charge in [-0.15, -0.1) is 0 Å². The number of carboxylic acids is 1. The Morgan fingerprint density at radius 1 is 1.25 bits per heavy atom. The first-order valence-corrected chi connectivity index (χ1v) is 6.79. The van der Waals surface area contributed by atoms with Crippen LogP contribution in [0.4, 0.5) is 5.69 Å². The van der Waals surface area contributed by atoms with E-state index >= 15 is 0 Å². The Kier molecular flexibility index (Phi) is 4.27. The van der Waals surface area contributed by atoms with Crippen molar-refractivity contribution >= 4 is 17.6 Å². The smallest absolute Gasteiger partial charge is 0.305 e. The van der Waals surface area contributed by atoms with Crippen molar-refractivity contribution in [3.8, 4) is 0 Å². The highest BCUT2D eigenvalue weighted by Gasteiger charge is 2.34. The number of amides is 1. The molecule has 5 nitrogen and oxygen atoms in total. The van der Waals surface area contributed by atoms with Gasteiger partial charge in [0.1, 0.15) is 0 Å². The number of aliphatic carboxylic acids is 1. The van der Waals surface area contributed by atoms with Gasteiger partial charge in [0, 0.05) is 31.7 Å². The molecule has 1 amide bonds. The number of para-hydroxylation sites is 1. The summed E-state index contributed by atoms with van der Waals surface area (Å²) in [4.78, 5) is 26.6. The summed E-state index contributed by atoms with van der Waals surface area (Å²) in [6, 6.07) is 9.67. The maximum absolute atomic E-state index is 11.6. The SMILES string of the molecule is CC(=O)N1C[C@H](CC(=O)O)N(c2ccccc2)C[C@H]1C. The van der Waals surface area contributed by atoms with Crippen LogP contribution >= 0.6 is 0 Å². The molecule has 2 rings (SSSR count). The Morgan fingerprint density at radius 2 is 1.90 bits per heavy atom. The first-order valence-electron chi connectivity index (χ1n) is 6.79. The number of benzene rings is 1. The van der Waals surface area contributed by atoms with E-state index in [0.717, 1.165) is 5.69 Å². The molecule has 1 aromatic rings. The summed E-state index contributed by atoms with van der Waals surface area (Å²) >= 11 is 0. The molecule has 2 atom stereocenters. The van der Waals surface area contributed by atoms with Gasteiger partial charge in [0.2, 0.25) is 5.91 Å². The molecule has 1 aromatic carbocycles. The van der Waals surface area contributed by atoms with Gasteiger partial charge in [-0.3, -0.25) is 9.59 Å². The summed E-state index contributed by atoms with van der Waals surface area (Å²) in [5.74, 6) is -0.838. The fourth-order valence-electron chi connectivity index (χ4n) is 2.79. The second-order valence-corrected chi connectivity index (χ2v) is 5.26. The molecule has 0 bridgehead atoms. The summed E-state index contributed by atoms with van der Waals surface area (Å²) in [6.07, 6.45) is 0.0331. The lowest BCUT2D eigenvalue weighted by molar-refractivity contribution is -0.139. The number of hydrogen-bond acceptors (Lipinski definition) is 3. The third kappa shape index (κ3) is 3.10. The van der Waals surface area contributed by atoms with Gasteiger partial charge >= 0.3 is 5.97 Å². The average molecular weight is 276 g/mol. The predicted molar refractivity (Wildman–Crippen MR) is 76.7 cm³/mol. The van der Waals surface area contributed by atoms with Crippen molar-refractivity contribution in [2.24, 2.45) is 0 Å². The lowest BCUT2D eigenvalue weighted by Gasteiger charge is -2.45. The van der Waals surface area contributed by atoms with Crippen LogP contribution in [0.5, 0.6) is 0 Å². The minimum atomic E-state index is -0.839. The van der Waals surface area contributed by atoms with Crippen LogP contribution in [-0.2, 0) is 9.59 Å². The van der Waals surface area contributed by atoms with Crippen LogP contribution in [0.15, 0.2) is 30.3 Å². The molecule has 0 aromatic heterocycles. The van der Waals surface area contributed by atoms with Crippen LogP contribution in [0.25, 0.3) is 0 Å². The number of hydrogen-bond donors (Lipinski definition) is 1. The molecular weight excluding hydrogens is 256 g/mol. The molecule has 1 heterocycles. The van der Waals surface area contributed by atoms with E-state index in [2.05, 4.69) is 4.90 Å². The van der Waals surface area contributed by atoms with E-state index in [9.17, 15) is 9.59 Å². The maximum Gasteiger partial charge on any atom is 0.305 e. The van der Waals surface area contributed by atoms with E-state index in [1.165, 1.54) is 6.92 Å². The van der Waals surface area contributed by atoms with Crippen LogP contribution in [0.1, 0.15) is 20.3 Å². The van der Waals surface area contributed by atoms with Crippen LogP contribution in [0.2, 0.25) is 0 Å². The lowest BCUT2D eigenvalue weighted by atomic mass is 10.0. The van der Waals surface area contributed by atoms with Crippen molar-refractivity contribution in [3.63, 3.8) is 0 Å². The molecule has 0 radical (unpaired) electrons. The molecule has 5 heteroatoms. The minimum absolute atomic E-state index is 0.000556. The molecule has 20 heavy (non-hydrogen) atoms. The Labute approximate surface area is 118 Å². The zero-order chi connectivity index (χ0) is 14.7. The molecule has 108 valence electrons. The molecule has 1 aliphatic rings. The predicted octanol–water partition coefficient (Wildman–Crippen LogP) is 1.59. The molecular formula is C15H20N2O3. The van der Waals surface area contributed by atoms with E-state index < -0.39 is 5.97 Å². The Morgan fingerprint density at radius 3 is 2.45 bits per heavy atom. The van der Waals surface area contributed by atoms with Gasteiger partial charge in [-0.1, -0.05) is 18.2 Å². The van der Waals surface area contributed by atoms with Crippen molar-refractivity contribution < 1.29 is 14.7 Å². The monoisotopic (exact) mass is 276 g/mol. The number of carbonyl (C=O) groups excluding carboxylic acids is 1. The average Bonchev–Trinajstić information content (AvgIpc) is 2.40. The fourth-order valence-corrected chi connectivity index (χ4v) is 2.79. The molecule has 1 saturated heterocycles. The lowest BCUT2D eigenvalue weighted by Crippen LogP contribution is -2.59. The summed E-state index contributed by atoms with van der Waals surface area (Å²) in [5, 5.41) is 9.09. The van der Waals surface area contributed by atoms with Crippen molar-refractivity contribution in [2.45, 2.75) is 32.4 Å². The van der Waals surface area contributed by atoms with E-state index in [1.54, 1.807) is 4.90 Å². The van der Waals surface area contributed by atoms with Crippen molar-refractivity contribution in [1.29, 1.82) is 0 Å². The highest BCUT2D eigenvalue weighted by atomic mass is 16.4. The van der Waals surface area contributed by atoms with E-state index in [4.69, 9.17) is 5.11 Å². The number of carbonyl (C=O) groups is 2. The molecule has 0 saturated carbocycles. The van der Waals surface area contributed by atoms with Gasteiger partial charge < -0.3 is 14.9 Å². The fraction of sp³-hybridized carbons (Fsp3) is 0.467. The number of carboxylic acid groups (broad SMARTS) is 1. The number of piperazine rings is 1. The third-order valence-corrected chi connectivity index (χ3v) is 3.74. The van der Waals surface area contributed by atoms with Gasteiger partial charge in [-0.2, -0.15) is 0 Å². The Balaban J connectivity index is 2.25. The van der Waals surface area contributed by atoms with E-state index in [-0.39, 0.29) is 24.4 Å². The van der Waals surface area contributed by atoms with E-state index in [1.807, 2.05) is 37.3 Å². The molecule has 1 fully saturated rings. The van der Waals surface area contributed by atoms with Gasteiger partial charge in [0.15, 0.2) is 0 Å². The first-order chi connectivity index (χ1) is 9.49. The first kappa shape index (κ1) is 14.4. The highest BCUT2D eigenvalue weighted by Crippen LogP contribution is 2.24.